The zero-order valence-electron chi connectivity index (χ0n) is 10.0. The van der Waals surface area contributed by atoms with Crippen LogP contribution in [0, 0.1) is 0 Å². The highest BCUT2D eigenvalue weighted by molar-refractivity contribution is 7.99. The second-order valence-corrected chi connectivity index (χ2v) is 5.58. The van der Waals surface area contributed by atoms with E-state index in [2.05, 4.69) is 9.97 Å². The third kappa shape index (κ3) is 3.64. The summed E-state index contributed by atoms with van der Waals surface area (Å²) in [6, 6.07) is 1.47. The predicted octanol–water partition coefficient (Wildman–Crippen LogP) is 1.75. The Labute approximate surface area is 99.5 Å². The van der Waals surface area contributed by atoms with Gasteiger partial charge in [0.1, 0.15) is 10.9 Å². The van der Waals surface area contributed by atoms with Crippen LogP contribution in [0.4, 0.5) is 0 Å². The largest absolute Gasteiger partial charge is 0.392 e. The third-order valence-corrected chi connectivity index (χ3v) is 3.49. The van der Waals surface area contributed by atoms with E-state index in [-0.39, 0.29) is 16.7 Å². The van der Waals surface area contributed by atoms with Crippen molar-refractivity contribution >= 4 is 11.8 Å². The van der Waals surface area contributed by atoms with E-state index in [0.717, 1.165) is 0 Å². The van der Waals surface area contributed by atoms with Gasteiger partial charge >= 0.3 is 0 Å². The molecule has 1 aromatic rings. The third-order valence-electron chi connectivity index (χ3n) is 2.27. The molecule has 0 aliphatic carbocycles. The minimum Gasteiger partial charge on any atom is -0.392 e. The average Bonchev–Trinajstić information content (AvgIpc) is 2.16. The molecule has 2 N–H and O–H groups in total. The highest BCUT2D eigenvalue weighted by Gasteiger charge is 2.13. The molecule has 4 nitrogen and oxygen atoms in total. The van der Waals surface area contributed by atoms with E-state index in [1.165, 1.54) is 17.8 Å². The van der Waals surface area contributed by atoms with Crippen molar-refractivity contribution in [2.45, 2.75) is 50.0 Å². The molecule has 0 amide bonds. The van der Waals surface area contributed by atoms with Crippen LogP contribution in [-0.4, -0.2) is 26.4 Å². The summed E-state index contributed by atoms with van der Waals surface area (Å²) in [5.41, 5.74) is -0.140. The van der Waals surface area contributed by atoms with E-state index in [4.69, 9.17) is 0 Å². The molecule has 0 bridgehead atoms. The Morgan fingerprint density at radius 2 is 2.00 bits per heavy atom. The van der Waals surface area contributed by atoms with E-state index < -0.39 is 6.10 Å². The van der Waals surface area contributed by atoms with Gasteiger partial charge in [-0.2, -0.15) is 0 Å². The molecule has 2 atom stereocenters. The number of aromatic nitrogens is 2. The fourth-order valence-corrected chi connectivity index (χ4v) is 1.98. The number of hydrogen-bond acceptors (Lipinski definition) is 4. The second kappa shape index (κ2) is 5.50. The zero-order chi connectivity index (χ0) is 12.3. The monoisotopic (exact) mass is 242 g/mol. The molecule has 16 heavy (non-hydrogen) atoms. The first-order valence-electron chi connectivity index (χ1n) is 5.36. The summed E-state index contributed by atoms with van der Waals surface area (Å²) in [7, 11) is 0. The van der Waals surface area contributed by atoms with Crippen LogP contribution in [0.1, 0.15) is 39.4 Å². The molecule has 0 fully saturated rings. The van der Waals surface area contributed by atoms with E-state index >= 15 is 0 Å². The van der Waals surface area contributed by atoms with Crippen LogP contribution in [0.3, 0.4) is 0 Å². The maximum atomic E-state index is 11.4. The van der Waals surface area contributed by atoms with Gasteiger partial charge < -0.3 is 10.1 Å². The molecule has 1 heterocycles. The van der Waals surface area contributed by atoms with Gasteiger partial charge in [-0.25, -0.2) is 4.98 Å². The molecule has 5 heteroatoms. The molecule has 1 rings (SSSR count). The van der Waals surface area contributed by atoms with Crippen LogP contribution in [0.15, 0.2) is 15.9 Å². The molecule has 2 unspecified atom stereocenters. The molecular weight excluding hydrogens is 224 g/mol. The smallest absolute Gasteiger partial charge is 0.251 e. The molecule has 90 valence electrons. The highest BCUT2D eigenvalue weighted by atomic mass is 32.2. The maximum absolute atomic E-state index is 11.4. The summed E-state index contributed by atoms with van der Waals surface area (Å²) < 4.78 is 0. The van der Waals surface area contributed by atoms with E-state index in [9.17, 15) is 9.90 Å². The van der Waals surface area contributed by atoms with Crippen LogP contribution in [0.5, 0.6) is 0 Å². The van der Waals surface area contributed by atoms with Gasteiger partial charge in [0, 0.05) is 17.2 Å². The van der Waals surface area contributed by atoms with Crippen molar-refractivity contribution in [2.75, 3.05) is 0 Å². The topological polar surface area (TPSA) is 66.0 Å². The number of hydrogen-bond donors (Lipinski definition) is 2. The minimum absolute atomic E-state index is 0.0225. The highest BCUT2D eigenvalue weighted by Crippen LogP contribution is 2.23. The van der Waals surface area contributed by atoms with Crippen LogP contribution >= 0.6 is 11.8 Å². The summed E-state index contributed by atoms with van der Waals surface area (Å²) >= 11 is 1.42. The summed E-state index contributed by atoms with van der Waals surface area (Å²) in [4.78, 5) is 18.5. The van der Waals surface area contributed by atoms with Gasteiger partial charge in [0.05, 0.1) is 6.10 Å². The van der Waals surface area contributed by atoms with Crippen LogP contribution in [-0.2, 0) is 0 Å². The summed E-state index contributed by atoms with van der Waals surface area (Å²) in [5, 5.41) is 10.1. The van der Waals surface area contributed by atoms with Crippen molar-refractivity contribution in [3.8, 4) is 0 Å². The Morgan fingerprint density at radius 1 is 1.38 bits per heavy atom. The van der Waals surface area contributed by atoms with Crippen molar-refractivity contribution in [1.29, 1.82) is 0 Å². The van der Waals surface area contributed by atoms with Gasteiger partial charge in [0.25, 0.3) is 5.56 Å². The number of rotatable bonds is 4. The SMILES string of the molecule is CC(C)c1nc(SC(C)C(C)O)cc(=O)[nH]1. The fourth-order valence-electron chi connectivity index (χ4n) is 1.08. The molecule has 0 aliphatic heterocycles. The Kier molecular flexibility index (Phi) is 4.56. The van der Waals surface area contributed by atoms with Gasteiger partial charge in [0.15, 0.2) is 0 Å². The first-order valence-corrected chi connectivity index (χ1v) is 6.24. The van der Waals surface area contributed by atoms with Crippen molar-refractivity contribution in [1.82, 2.24) is 9.97 Å². The number of aliphatic hydroxyl groups is 1. The first kappa shape index (κ1) is 13.3. The van der Waals surface area contributed by atoms with Gasteiger partial charge in [-0.1, -0.05) is 20.8 Å². The average molecular weight is 242 g/mol. The fraction of sp³-hybridized carbons (Fsp3) is 0.636. The lowest BCUT2D eigenvalue weighted by atomic mass is 10.2. The Bertz CT molecular complexity index is 401. The normalized spacial score (nSPS) is 15.1. The van der Waals surface area contributed by atoms with Crippen LogP contribution in [0.2, 0.25) is 0 Å². The molecule has 1 aromatic heterocycles. The predicted molar refractivity (Wildman–Crippen MR) is 65.9 cm³/mol. The Hall–Kier alpha value is -0.810. The van der Waals surface area contributed by atoms with Crippen LogP contribution in [0.25, 0.3) is 0 Å². The summed E-state index contributed by atoms with van der Waals surface area (Å²) in [5.74, 6) is 0.878. The standard InChI is InChI=1S/C11H18N2O2S/c1-6(2)11-12-9(15)5-10(13-11)16-8(4)7(3)14/h5-8,14H,1-4H3,(H,12,13,15). The molecular formula is C11H18N2O2S. The number of aromatic amines is 1. The van der Waals surface area contributed by atoms with E-state index in [1.807, 2.05) is 20.8 Å². The number of aliphatic hydroxyl groups excluding tert-OH is 1. The number of nitrogens with zero attached hydrogens (tertiary/aromatic N) is 1. The lowest BCUT2D eigenvalue weighted by molar-refractivity contribution is 0.196. The summed E-state index contributed by atoms with van der Waals surface area (Å²) in [6.45, 7) is 7.59. The van der Waals surface area contributed by atoms with Crippen molar-refractivity contribution in [2.24, 2.45) is 0 Å². The maximum Gasteiger partial charge on any atom is 0.251 e. The number of thioether (sulfide) groups is 1. The lowest BCUT2D eigenvalue weighted by Gasteiger charge is -2.14. The Morgan fingerprint density at radius 3 is 2.50 bits per heavy atom. The van der Waals surface area contributed by atoms with Crippen molar-refractivity contribution in [3.05, 3.63) is 22.2 Å². The molecule has 0 aliphatic rings. The lowest BCUT2D eigenvalue weighted by Crippen LogP contribution is -2.17. The van der Waals surface area contributed by atoms with Crippen molar-refractivity contribution < 1.29 is 5.11 Å². The molecule has 0 aromatic carbocycles. The van der Waals surface area contributed by atoms with Gasteiger partial charge in [-0.3, -0.25) is 4.79 Å². The quantitative estimate of drug-likeness (QED) is 0.623. The van der Waals surface area contributed by atoms with Crippen LogP contribution < -0.4 is 5.56 Å². The molecule has 0 saturated heterocycles. The second-order valence-electron chi connectivity index (χ2n) is 4.19. The van der Waals surface area contributed by atoms with E-state index in [0.29, 0.717) is 10.9 Å². The Balaban J connectivity index is 2.93. The number of nitrogens with one attached hydrogen (secondary N) is 1. The van der Waals surface area contributed by atoms with Gasteiger partial charge in [-0.05, 0) is 6.92 Å². The first-order chi connectivity index (χ1) is 7.40. The van der Waals surface area contributed by atoms with Crippen molar-refractivity contribution in [3.63, 3.8) is 0 Å². The van der Waals surface area contributed by atoms with Gasteiger partial charge in [-0.15, -0.1) is 11.8 Å². The molecule has 0 spiro atoms. The molecule has 0 saturated carbocycles. The molecule has 0 radical (unpaired) electrons. The van der Waals surface area contributed by atoms with Gasteiger partial charge in [0.2, 0.25) is 0 Å². The number of H-pyrrole nitrogens is 1. The summed E-state index contributed by atoms with van der Waals surface area (Å²) in [6.07, 6.45) is -0.423. The zero-order valence-corrected chi connectivity index (χ0v) is 10.8. The minimum atomic E-state index is -0.423. The van der Waals surface area contributed by atoms with E-state index in [1.54, 1.807) is 6.92 Å².